The second kappa shape index (κ2) is 8.31. The summed E-state index contributed by atoms with van der Waals surface area (Å²) in [5, 5.41) is 7.13. The molecule has 1 aromatic heterocycles. The monoisotopic (exact) mass is 358 g/mol. The molecule has 0 bridgehead atoms. The fourth-order valence-electron chi connectivity index (χ4n) is 3.18. The number of rotatable bonds is 7. The van der Waals surface area contributed by atoms with Crippen LogP contribution in [0.3, 0.4) is 0 Å². The first-order chi connectivity index (χ1) is 12.5. The molecule has 2 aromatic rings. The van der Waals surface area contributed by atoms with E-state index in [2.05, 4.69) is 15.2 Å². The van der Waals surface area contributed by atoms with Gasteiger partial charge in [-0.2, -0.15) is 5.10 Å². The Balaban J connectivity index is 1.48. The average Bonchev–Trinajstić information content (AvgIpc) is 3.25. The Morgan fingerprint density at radius 1 is 1.38 bits per heavy atom. The summed E-state index contributed by atoms with van der Waals surface area (Å²) < 4.78 is 11.5. The van der Waals surface area contributed by atoms with E-state index in [4.69, 9.17) is 9.47 Å². The van der Waals surface area contributed by atoms with Crippen molar-refractivity contribution in [3.63, 3.8) is 0 Å². The predicted molar refractivity (Wildman–Crippen MR) is 97.1 cm³/mol. The van der Waals surface area contributed by atoms with Crippen LogP contribution in [0.15, 0.2) is 24.3 Å². The van der Waals surface area contributed by atoms with Gasteiger partial charge in [0.25, 0.3) is 0 Å². The van der Waals surface area contributed by atoms with Crippen LogP contribution >= 0.6 is 0 Å². The minimum absolute atomic E-state index is 0.0407. The number of para-hydroxylation sites is 1. The number of aromatic amines is 1. The minimum Gasteiger partial charge on any atom is -0.493 e. The largest absolute Gasteiger partial charge is 0.493 e. The number of carbonyl (C=O) groups excluding carboxylic acids is 1. The van der Waals surface area contributed by atoms with Gasteiger partial charge in [-0.15, -0.1) is 0 Å². The van der Waals surface area contributed by atoms with Crippen LogP contribution in [0.4, 0.5) is 0 Å². The van der Waals surface area contributed by atoms with Gasteiger partial charge < -0.3 is 14.4 Å². The minimum atomic E-state index is -0.0727. The van der Waals surface area contributed by atoms with Crippen molar-refractivity contribution in [2.45, 2.75) is 38.7 Å². The normalized spacial score (nSPS) is 19.5. The van der Waals surface area contributed by atoms with Crippen LogP contribution in [0.2, 0.25) is 0 Å². The number of hydrogen-bond acceptors (Lipinski definition) is 5. The number of H-pyrrole nitrogens is 1. The molecular weight excluding hydrogens is 332 g/mol. The summed E-state index contributed by atoms with van der Waals surface area (Å²) >= 11 is 0. The molecule has 0 radical (unpaired) electrons. The lowest BCUT2D eigenvalue weighted by molar-refractivity contribution is -0.131. The van der Waals surface area contributed by atoms with Gasteiger partial charge >= 0.3 is 0 Å². The van der Waals surface area contributed by atoms with Gasteiger partial charge in [-0.3, -0.25) is 9.89 Å². The second-order valence-corrected chi connectivity index (χ2v) is 6.72. The third-order valence-electron chi connectivity index (χ3n) is 4.70. The van der Waals surface area contributed by atoms with Gasteiger partial charge in [-0.05, 0) is 31.9 Å². The van der Waals surface area contributed by atoms with Gasteiger partial charge in [0.05, 0.1) is 25.0 Å². The zero-order chi connectivity index (χ0) is 18.5. The highest BCUT2D eigenvalue weighted by Gasteiger charge is 2.34. The molecule has 7 heteroatoms. The maximum Gasteiger partial charge on any atom is 0.225 e. The van der Waals surface area contributed by atoms with Gasteiger partial charge in [0, 0.05) is 20.2 Å². The van der Waals surface area contributed by atoms with E-state index >= 15 is 0 Å². The lowest BCUT2D eigenvalue weighted by atomic mass is 10.0. The number of carbonyl (C=O) groups is 1. The number of amides is 1. The van der Waals surface area contributed by atoms with E-state index in [0.29, 0.717) is 26.2 Å². The van der Waals surface area contributed by atoms with Gasteiger partial charge in [0.1, 0.15) is 11.6 Å². The molecule has 0 spiro atoms. The van der Waals surface area contributed by atoms with Crippen molar-refractivity contribution in [2.75, 3.05) is 26.8 Å². The van der Waals surface area contributed by atoms with Crippen LogP contribution < -0.4 is 4.74 Å². The van der Waals surface area contributed by atoms with Crippen LogP contribution in [0.1, 0.15) is 36.0 Å². The highest BCUT2D eigenvalue weighted by atomic mass is 16.5. The molecule has 26 heavy (non-hydrogen) atoms. The molecule has 1 N–H and O–H groups in total. The quantitative estimate of drug-likeness (QED) is 0.821. The number of benzene rings is 1. The second-order valence-electron chi connectivity index (χ2n) is 6.72. The van der Waals surface area contributed by atoms with Gasteiger partial charge in [0.2, 0.25) is 5.91 Å². The summed E-state index contributed by atoms with van der Waals surface area (Å²) in [4.78, 5) is 18.5. The van der Waals surface area contributed by atoms with Crippen LogP contribution in [0.5, 0.6) is 5.75 Å². The molecule has 140 valence electrons. The van der Waals surface area contributed by atoms with Crippen LogP contribution in [-0.2, 0) is 9.53 Å². The number of nitrogens with one attached hydrogen (secondary N) is 1. The molecule has 1 aliphatic heterocycles. The van der Waals surface area contributed by atoms with E-state index in [9.17, 15) is 4.79 Å². The van der Waals surface area contributed by atoms with Gasteiger partial charge in [0.15, 0.2) is 5.82 Å². The number of likely N-dealkylation sites (N-methyl/N-ethyl adjacent to an activating group) is 1. The molecular formula is C19H26N4O3. The van der Waals surface area contributed by atoms with Crippen LogP contribution in [0.25, 0.3) is 0 Å². The number of aromatic nitrogens is 3. The smallest absolute Gasteiger partial charge is 0.225 e. The van der Waals surface area contributed by atoms with Gasteiger partial charge in [-0.1, -0.05) is 18.2 Å². The van der Waals surface area contributed by atoms with Crippen molar-refractivity contribution in [2.24, 2.45) is 0 Å². The molecule has 0 saturated carbocycles. The number of hydrogen-bond donors (Lipinski definition) is 1. The zero-order valence-corrected chi connectivity index (χ0v) is 15.6. The predicted octanol–water partition coefficient (Wildman–Crippen LogP) is 2.22. The first kappa shape index (κ1) is 18.4. The molecule has 3 rings (SSSR count). The highest BCUT2D eigenvalue weighted by Crippen LogP contribution is 2.29. The van der Waals surface area contributed by atoms with Crippen molar-refractivity contribution in [1.82, 2.24) is 20.1 Å². The van der Waals surface area contributed by atoms with Crippen molar-refractivity contribution in [3.05, 3.63) is 41.5 Å². The molecule has 1 saturated heterocycles. The van der Waals surface area contributed by atoms with E-state index in [1.165, 1.54) is 0 Å². The van der Waals surface area contributed by atoms with Crippen molar-refractivity contribution < 1.29 is 14.3 Å². The standard InChI is InChI=1S/C19H26N4O3/c1-13-6-4-5-7-16(13)25-11-9-18(24)23(3)12-17-15(8-10-26-17)19-20-14(2)21-22-19/h4-7,15,17H,8-12H2,1-3H3,(H,20,21,22)/t15-,17-/m1/s1. The first-order valence-electron chi connectivity index (χ1n) is 8.97. The van der Waals surface area contributed by atoms with Crippen LogP contribution in [-0.4, -0.2) is 58.9 Å². The van der Waals surface area contributed by atoms with Crippen molar-refractivity contribution >= 4 is 5.91 Å². The summed E-state index contributed by atoms with van der Waals surface area (Å²) in [6.45, 7) is 5.43. The summed E-state index contributed by atoms with van der Waals surface area (Å²) in [6, 6.07) is 7.80. The lowest BCUT2D eigenvalue weighted by Gasteiger charge is -2.24. The SMILES string of the molecule is Cc1nc([C@@H]2CCO[C@@H]2CN(C)C(=O)CCOc2ccccc2C)n[nH]1. The van der Waals surface area contributed by atoms with E-state index in [1.807, 2.05) is 38.1 Å². The molecule has 1 aliphatic rings. The number of aryl methyl sites for hydroxylation is 2. The van der Waals surface area contributed by atoms with Crippen molar-refractivity contribution in [3.8, 4) is 5.75 Å². The summed E-state index contributed by atoms with van der Waals surface area (Å²) in [7, 11) is 1.80. The average molecular weight is 358 g/mol. The fraction of sp³-hybridized carbons (Fsp3) is 0.526. The molecule has 1 amide bonds. The van der Waals surface area contributed by atoms with Crippen molar-refractivity contribution in [1.29, 1.82) is 0 Å². The number of nitrogens with zero attached hydrogens (tertiary/aromatic N) is 3. The Morgan fingerprint density at radius 3 is 2.92 bits per heavy atom. The molecule has 7 nitrogen and oxygen atoms in total. The lowest BCUT2D eigenvalue weighted by Crippen LogP contribution is -2.37. The molecule has 2 atom stereocenters. The van der Waals surface area contributed by atoms with Crippen LogP contribution in [0, 0.1) is 13.8 Å². The third-order valence-corrected chi connectivity index (χ3v) is 4.70. The molecule has 1 fully saturated rings. The first-order valence-corrected chi connectivity index (χ1v) is 8.97. The Hall–Kier alpha value is -2.41. The molecule has 0 aliphatic carbocycles. The summed E-state index contributed by atoms with van der Waals surface area (Å²) in [5.74, 6) is 2.55. The Labute approximate surface area is 153 Å². The zero-order valence-electron chi connectivity index (χ0n) is 15.6. The van der Waals surface area contributed by atoms with Gasteiger partial charge in [-0.25, -0.2) is 4.98 Å². The number of ether oxygens (including phenoxy) is 2. The maximum absolute atomic E-state index is 12.4. The Bertz CT molecular complexity index is 746. The molecule has 1 aromatic carbocycles. The van der Waals surface area contributed by atoms with E-state index in [1.54, 1.807) is 11.9 Å². The van der Waals surface area contributed by atoms with E-state index in [0.717, 1.165) is 29.4 Å². The fourth-order valence-corrected chi connectivity index (χ4v) is 3.18. The van der Waals surface area contributed by atoms with E-state index in [-0.39, 0.29) is 17.9 Å². The Morgan fingerprint density at radius 2 is 2.19 bits per heavy atom. The molecule has 0 unspecified atom stereocenters. The topological polar surface area (TPSA) is 80.3 Å². The Kier molecular flexibility index (Phi) is 5.88. The summed E-state index contributed by atoms with van der Waals surface area (Å²) in [5.41, 5.74) is 1.07. The van der Waals surface area contributed by atoms with E-state index < -0.39 is 0 Å². The summed E-state index contributed by atoms with van der Waals surface area (Å²) in [6.07, 6.45) is 1.14. The molecule has 2 heterocycles. The maximum atomic E-state index is 12.4. The highest BCUT2D eigenvalue weighted by molar-refractivity contribution is 5.76. The third kappa shape index (κ3) is 4.40.